The first-order chi connectivity index (χ1) is 8.56. The molecule has 1 aromatic rings. The van der Waals surface area contributed by atoms with Gasteiger partial charge in [0.05, 0.1) is 5.02 Å². The normalized spacial score (nSPS) is 9.89. The molecule has 1 rings (SSSR count). The maximum absolute atomic E-state index is 11.3. The van der Waals surface area contributed by atoms with E-state index in [9.17, 15) is 9.59 Å². The highest BCUT2D eigenvalue weighted by atomic mass is 35.5. The predicted octanol–water partition coefficient (Wildman–Crippen LogP) is 1.94. The molecule has 0 bridgehead atoms. The Bertz CT molecular complexity index is 448. The van der Waals surface area contributed by atoms with E-state index in [0.29, 0.717) is 6.54 Å². The largest absolute Gasteiger partial charge is 0.483 e. The van der Waals surface area contributed by atoms with Crippen LogP contribution in [0.15, 0.2) is 18.2 Å². The van der Waals surface area contributed by atoms with Crippen LogP contribution in [0.4, 0.5) is 0 Å². The number of carbonyl (C=O) groups is 2. The molecule has 0 aliphatic rings. The Labute approximate surface area is 110 Å². The molecule has 0 aromatic heterocycles. The van der Waals surface area contributed by atoms with Gasteiger partial charge in [0, 0.05) is 6.54 Å². The smallest absolute Gasteiger partial charge is 0.341 e. The van der Waals surface area contributed by atoms with Crippen molar-refractivity contribution in [2.75, 3.05) is 13.2 Å². The highest BCUT2D eigenvalue weighted by Gasteiger charge is 2.16. The van der Waals surface area contributed by atoms with Crippen molar-refractivity contribution in [1.29, 1.82) is 0 Å². The highest BCUT2D eigenvalue weighted by Crippen LogP contribution is 2.26. The van der Waals surface area contributed by atoms with Crippen LogP contribution >= 0.6 is 11.6 Å². The summed E-state index contributed by atoms with van der Waals surface area (Å²) in [6.07, 6.45) is 0.823. The first-order valence-electron chi connectivity index (χ1n) is 5.47. The molecule has 0 radical (unpaired) electrons. The van der Waals surface area contributed by atoms with E-state index in [0.717, 1.165) is 6.42 Å². The number of hydrogen-bond donors (Lipinski definition) is 2. The zero-order chi connectivity index (χ0) is 13.5. The molecule has 18 heavy (non-hydrogen) atoms. The molecule has 2 N–H and O–H groups in total. The number of carboxylic acid groups (broad SMARTS) is 1. The fourth-order valence-corrected chi connectivity index (χ4v) is 1.54. The number of hydrogen-bond acceptors (Lipinski definition) is 3. The number of halogens is 1. The molecular weight excluding hydrogens is 258 g/mol. The van der Waals surface area contributed by atoms with Gasteiger partial charge in [0.15, 0.2) is 6.61 Å². The van der Waals surface area contributed by atoms with Crippen molar-refractivity contribution in [2.24, 2.45) is 0 Å². The Kier molecular flexibility index (Phi) is 5.45. The molecule has 0 fully saturated rings. The third-order valence-corrected chi connectivity index (χ3v) is 2.44. The van der Waals surface area contributed by atoms with Crippen LogP contribution < -0.4 is 10.1 Å². The lowest BCUT2D eigenvalue weighted by Crippen LogP contribution is -2.29. The van der Waals surface area contributed by atoms with Gasteiger partial charge in [-0.3, -0.25) is 4.79 Å². The lowest BCUT2D eigenvalue weighted by molar-refractivity contribution is -0.123. The molecule has 0 saturated heterocycles. The summed E-state index contributed by atoms with van der Waals surface area (Å²) >= 11 is 5.76. The minimum absolute atomic E-state index is 0.0777. The van der Waals surface area contributed by atoms with Crippen molar-refractivity contribution < 1.29 is 19.4 Å². The molecule has 0 saturated carbocycles. The summed E-state index contributed by atoms with van der Waals surface area (Å²) in [5.74, 6) is -1.40. The van der Waals surface area contributed by atoms with Crippen LogP contribution in [0.1, 0.15) is 23.7 Å². The van der Waals surface area contributed by atoms with Crippen molar-refractivity contribution in [3.63, 3.8) is 0 Å². The van der Waals surface area contributed by atoms with Crippen LogP contribution in [0.2, 0.25) is 5.02 Å². The lowest BCUT2D eigenvalue weighted by atomic mass is 10.2. The van der Waals surface area contributed by atoms with Crippen molar-refractivity contribution in [1.82, 2.24) is 5.32 Å². The van der Waals surface area contributed by atoms with Crippen molar-refractivity contribution >= 4 is 23.5 Å². The summed E-state index contributed by atoms with van der Waals surface area (Å²) in [6, 6.07) is 4.48. The minimum atomic E-state index is -1.19. The lowest BCUT2D eigenvalue weighted by Gasteiger charge is -2.10. The van der Waals surface area contributed by atoms with Crippen molar-refractivity contribution in [3.8, 4) is 5.75 Å². The van der Waals surface area contributed by atoms with Gasteiger partial charge in [-0.25, -0.2) is 4.79 Å². The van der Waals surface area contributed by atoms with Gasteiger partial charge in [0.2, 0.25) is 0 Å². The summed E-state index contributed by atoms with van der Waals surface area (Å²) in [5.41, 5.74) is -0.137. The predicted molar refractivity (Wildman–Crippen MR) is 67.2 cm³/mol. The molecule has 98 valence electrons. The Balaban J connectivity index is 2.70. The summed E-state index contributed by atoms with van der Waals surface area (Å²) in [7, 11) is 0. The van der Waals surface area contributed by atoms with Gasteiger partial charge in [0.25, 0.3) is 5.91 Å². The zero-order valence-corrected chi connectivity index (χ0v) is 10.7. The first-order valence-corrected chi connectivity index (χ1v) is 5.85. The Hall–Kier alpha value is -1.75. The standard InChI is InChI=1S/C12H14ClNO4/c1-2-6-14-10(15)7-18-9-5-3-4-8(13)11(9)12(16)17/h3-5H,2,6-7H2,1H3,(H,14,15)(H,16,17). The number of nitrogens with one attached hydrogen (secondary N) is 1. The second-order valence-corrected chi connectivity index (χ2v) is 3.96. The van der Waals surface area contributed by atoms with E-state index in [2.05, 4.69) is 5.32 Å². The summed E-state index contributed by atoms with van der Waals surface area (Å²) in [5, 5.41) is 11.7. The van der Waals surface area contributed by atoms with Gasteiger partial charge in [-0.15, -0.1) is 0 Å². The van der Waals surface area contributed by atoms with Gasteiger partial charge >= 0.3 is 5.97 Å². The third-order valence-electron chi connectivity index (χ3n) is 2.12. The van der Waals surface area contributed by atoms with Gasteiger partial charge in [0.1, 0.15) is 11.3 Å². The SMILES string of the molecule is CCCNC(=O)COc1cccc(Cl)c1C(=O)O. The number of aromatic carboxylic acids is 1. The van der Waals surface area contributed by atoms with E-state index in [1.807, 2.05) is 6.92 Å². The van der Waals surface area contributed by atoms with Crippen LogP contribution in [0.3, 0.4) is 0 Å². The molecular formula is C12H14ClNO4. The van der Waals surface area contributed by atoms with E-state index in [1.165, 1.54) is 12.1 Å². The fourth-order valence-electron chi connectivity index (χ4n) is 1.29. The van der Waals surface area contributed by atoms with E-state index in [4.69, 9.17) is 21.4 Å². The van der Waals surface area contributed by atoms with Crippen LogP contribution in [0.25, 0.3) is 0 Å². The Morgan fingerprint density at radius 2 is 2.17 bits per heavy atom. The van der Waals surface area contributed by atoms with E-state index < -0.39 is 5.97 Å². The molecule has 0 aliphatic carbocycles. The molecule has 5 nitrogen and oxygen atoms in total. The summed E-state index contributed by atoms with van der Waals surface area (Å²) < 4.78 is 5.16. The van der Waals surface area contributed by atoms with Gasteiger partial charge < -0.3 is 15.2 Å². The van der Waals surface area contributed by atoms with E-state index in [-0.39, 0.29) is 28.8 Å². The fraction of sp³-hybridized carbons (Fsp3) is 0.333. The van der Waals surface area contributed by atoms with E-state index in [1.54, 1.807) is 6.07 Å². The number of benzene rings is 1. The highest BCUT2D eigenvalue weighted by molar-refractivity contribution is 6.33. The quantitative estimate of drug-likeness (QED) is 0.829. The van der Waals surface area contributed by atoms with Gasteiger partial charge in [-0.05, 0) is 18.6 Å². The second-order valence-electron chi connectivity index (χ2n) is 3.56. The van der Waals surface area contributed by atoms with Crippen molar-refractivity contribution in [2.45, 2.75) is 13.3 Å². The van der Waals surface area contributed by atoms with Gasteiger partial charge in [-0.1, -0.05) is 24.6 Å². The molecule has 1 amide bonds. The Morgan fingerprint density at radius 1 is 1.44 bits per heavy atom. The number of carboxylic acids is 1. The average Bonchev–Trinajstić information content (AvgIpc) is 2.33. The molecule has 0 atom stereocenters. The molecule has 0 heterocycles. The number of amides is 1. The second kappa shape index (κ2) is 6.86. The van der Waals surface area contributed by atoms with Crippen LogP contribution in [0, 0.1) is 0 Å². The molecule has 0 spiro atoms. The monoisotopic (exact) mass is 271 g/mol. The summed E-state index contributed by atoms with van der Waals surface area (Å²) in [4.78, 5) is 22.3. The molecule has 0 aliphatic heterocycles. The van der Waals surface area contributed by atoms with Gasteiger partial charge in [-0.2, -0.15) is 0 Å². The van der Waals surface area contributed by atoms with E-state index >= 15 is 0 Å². The number of ether oxygens (including phenoxy) is 1. The molecule has 6 heteroatoms. The Morgan fingerprint density at radius 3 is 2.78 bits per heavy atom. The number of rotatable bonds is 6. The maximum Gasteiger partial charge on any atom is 0.341 e. The first kappa shape index (κ1) is 14.3. The maximum atomic E-state index is 11.3. The van der Waals surface area contributed by atoms with Crippen LogP contribution in [0.5, 0.6) is 5.75 Å². The summed E-state index contributed by atoms with van der Waals surface area (Å²) in [6.45, 7) is 2.25. The zero-order valence-electron chi connectivity index (χ0n) is 9.90. The molecule has 0 unspecified atom stereocenters. The third kappa shape index (κ3) is 3.92. The molecule has 1 aromatic carbocycles. The average molecular weight is 272 g/mol. The van der Waals surface area contributed by atoms with Crippen LogP contribution in [-0.2, 0) is 4.79 Å². The number of carbonyl (C=O) groups excluding carboxylic acids is 1. The van der Waals surface area contributed by atoms with Crippen molar-refractivity contribution in [3.05, 3.63) is 28.8 Å². The minimum Gasteiger partial charge on any atom is -0.483 e. The topological polar surface area (TPSA) is 75.6 Å². The van der Waals surface area contributed by atoms with Crippen LogP contribution in [-0.4, -0.2) is 30.1 Å².